The minimum absolute atomic E-state index is 0.0171. The van der Waals surface area contributed by atoms with E-state index in [-0.39, 0.29) is 12.0 Å². The van der Waals surface area contributed by atoms with Crippen molar-refractivity contribution >= 4 is 29.2 Å². The van der Waals surface area contributed by atoms with Crippen LogP contribution >= 0.6 is 12.2 Å². The highest BCUT2D eigenvalue weighted by atomic mass is 32.1. The van der Waals surface area contributed by atoms with Crippen LogP contribution in [0.2, 0.25) is 0 Å². The second kappa shape index (κ2) is 5.32. The monoisotopic (exact) mass is 285 g/mol. The Labute approximate surface area is 117 Å². The average molecular weight is 285 g/mol. The lowest BCUT2D eigenvalue weighted by Gasteiger charge is -2.35. The fourth-order valence-corrected chi connectivity index (χ4v) is 2.59. The molecule has 0 aromatic heterocycles. The highest BCUT2D eigenvalue weighted by molar-refractivity contribution is 7.80. The van der Waals surface area contributed by atoms with Gasteiger partial charge >= 0.3 is 6.09 Å². The van der Waals surface area contributed by atoms with Gasteiger partial charge in [0.15, 0.2) is 0 Å². The van der Waals surface area contributed by atoms with E-state index < -0.39 is 5.41 Å². The van der Waals surface area contributed by atoms with E-state index in [2.05, 4.69) is 0 Å². The molecule has 2 N–H and O–H groups in total. The van der Waals surface area contributed by atoms with Crippen molar-refractivity contribution in [1.82, 2.24) is 9.80 Å². The summed E-state index contributed by atoms with van der Waals surface area (Å²) < 4.78 is 4.94. The van der Waals surface area contributed by atoms with Gasteiger partial charge in [-0.15, -0.1) is 0 Å². The third-order valence-corrected chi connectivity index (χ3v) is 4.11. The van der Waals surface area contributed by atoms with Crippen LogP contribution in [-0.4, -0.2) is 59.6 Å². The summed E-state index contributed by atoms with van der Waals surface area (Å²) in [5, 5.41) is 0. The van der Waals surface area contributed by atoms with Crippen molar-refractivity contribution in [3.8, 4) is 0 Å². The molecule has 106 valence electrons. The molecule has 1 saturated carbocycles. The Morgan fingerprint density at radius 3 is 2.16 bits per heavy atom. The average Bonchev–Trinajstić information content (AvgIpc) is 3.20. The smallest absolute Gasteiger partial charge is 0.409 e. The minimum atomic E-state index is -0.596. The molecule has 0 aromatic carbocycles. The number of hydrogen-bond donors (Lipinski definition) is 1. The number of carbonyl (C=O) groups is 2. The number of rotatable bonds is 3. The summed E-state index contributed by atoms with van der Waals surface area (Å²) in [6, 6.07) is 0. The van der Waals surface area contributed by atoms with Gasteiger partial charge in [0.05, 0.1) is 17.0 Å². The highest BCUT2D eigenvalue weighted by Gasteiger charge is 2.54. The number of hydrogen-bond acceptors (Lipinski definition) is 4. The first-order valence-corrected chi connectivity index (χ1v) is 6.93. The summed E-state index contributed by atoms with van der Waals surface area (Å²) in [7, 11) is 0. The van der Waals surface area contributed by atoms with Crippen LogP contribution in [0, 0.1) is 5.41 Å². The van der Waals surface area contributed by atoms with Gasteiger partial charge in [0.2, 0.25) is 5.91 Å². The van der Waals surface area contributed by atoms with Gasteiger partial charge in [-0.1, -0.05) is 12.2 Å². The molecule has 2 amide bonds. The van der Waals surface area contributed by atoms with Crippen molar-refractivity contribution < 1.29 is 14.3 Å². The van der Waals surface area contributed by atoms with Gasteiger partial charge in [0, 0.05) is 26.2 Å². The van der Waals surface area contributed by atoms with Crippen LogP contribution in [0.1, 0.15) is 19.8 Å². The van der Waals surface area contributed by atoms with Gasteiger partial charge < -0.3 is 20.3 Å². The number of ether oxygens (including phenoxy) is 1. The van der Waals surface area contributed by atoms with Gasteiger partial charge in [0.25, 0.3) is 0 Å². The predicted molar refractivity (Wildman–Crippen MR) is 73.6 cm³/mol. The Morgan fingerprint density at radius 2 is 1.74 bits per heavy atom. The third-order valence-electron chi connectivity index (χ3n) is 3.72. The van der Waals surface area contributed by atoms with E-state index in [9.17, 15) is 9.59 Å². The van der Waals surface area contributed by atoms with Crippen molar-refractivity contribution in [1.29, 1.82) is 0 Å². The fraction of sp³-hybridized carbons (Fsp3) is 0.750. The summed E-state index contributed by atoms with van der Waals surface area (Å²) >= 11 is 4.98. The Balaban J connectivity index is 1.88. The predicted octanol–water partition coefficient (Wildman–Crippen LogP) is 0.353. The number of nitrogens with zero attached hydrogens (tertiary/aromatic N) is 2. The summed E-state index contributed by atoms with van der Waals surface area (Å²) in [6.45, 7) is 4.17. The molecule has 0 spiro atoms. The van der Waals surface area contributed by atoms with Crippen LogP contribution in [-0.2, 0) is 9.53 Å². The molecule has 0 bridgehead atoms. The molecular weight excluding hydrogens is 266 g/mol. The second-order valence-corrected chi connectivity index (χ2v) is 5.36. The SMILES string of the molecule is CCOC(=O)N1CCN(C(=O)C2(C(N)=S)CC2)CC1. The largest absolute Gasteiger partial charge is 0.450 e. The Morgan fingerprint density at radius 1 is 1.21 bits per heavy atom. The van der Waals surface area contributed by atoms with E-state index in [4.69, 9.17) is 22.7 Å². The van der Waals surface area contributed by atoms with Gasteiger partial charge in [-0.05, 0) is 19.8 Å². The first kappa shape index (κ1) is 14.0. The zero-order valence-electron chi connectivity index (χ0n) is 11.1. The lowest BCUT2D eigenvalue weighted by atomic mass is 10.1. The summed E-state index contributed by atoms with van der Waals surface area (Å²) in [6.07, 6.45) is 1.18. The molecule has 1 aliphatic carbocycles. The van der Waals surface area contributed by atoms with E-state index in [1.165, 1.54) is 0 Å². The molecule has 0 unspecified atom stereocenters. The van der Waals surface area contributed by atoms with Crippen molar-refractivity contribution in [2.75, 3.05) is 32.8 Å². The molecule has 19 heavy (non-hydrogen) atoms. The quantitative estimate of drug-likeness (QED) is 0.757. The van der Waals surface area contributed by atoms with E-state index in [0.29, 0.717) is 37.8 Å². The molecule has 2 aliphatic rings. The summed E-state index contributed by atoms with van der Waals surface area (Å²) in [5.74, 6) is 0.0171. The highest BCUT2D eigenvalue weighted by Crippen LogP contribution is 2.47. The standard InChI is InChI=1S/C12H19N3O3S/c1-2-18-11(17)15-7-5-14(6-8-15)10(16)12(3-4-12)9(13)19/h2-8H2,1H3,(H2,13,19). The number of piperazine rings is 1. The number of carbonyl (C=O) groups excluding carboxylic acids is 2. The van der Waals surface area contributed by atoms with Crippen molar-refractivity contribution in [3.63, 3.8) is 0 Å². The van der Waals surface area contributed by atoms with E-state index >= 15 is 0 Å². The van der Waals surface area contributed by atoms with Crippen LogP contribution in [0.3, 0.4) is 0 Å². The third kappa shape index (κ3) is 2.65. The maximum Gasteiger partial charge on any atom is 0.409 e. The van der Waals surface area contributed by atoms with Gasteiger partial charge in [-0.2, -0.15) is 0 Å². The molecule has 2 rings (SSSR count). The first-order valence-electron chi connectivity index (χ1n) is 6.52. The molecule has 0 radical (unpaired) electrons. The Hall–Kier alpha value is -1.37. The van der Waals surface area contributed by atoms with Gasteiger partial charge in [0.1, 0.15) is 0 Å². The molecule has 7 heteroatoms. The molecule has 0 atom stereocenters. The maximum atomic E-state index is 12.3. The first-order chi connectivity index (χ1) is 9.01. The topological polar surface area (TPSA) is 75.9 Å². The molecule has 1 heterocycles. The zero-order chi connectivity index (χ0) is 14.0. The van der Waals surface area contributed by atoms with Gasteiger partial charge in [-0.25, -0.2) is 4.79 Å². The van der Waals surface area contributed by atoms with E-state index in [1.807, 2.05) is 0 Å². The number of amides is 2. The Bertz CT molecular complexity index is 401. The van der Waals surface area contributed by atoms with Crippen LogP contribution in [0.25, 0.3) is 0 Å². The molecule has 6 nitrogen and oxygen atoms in total. The van der Waals surface area contributed by atoms with Crippen LogP contribution in [0.5, 0.6) is 0 Å². The van der Waals surface area contributed by atoms with Gasteiger partial charge in [-0.3, -0.25) is 4.79 Å². The molecule has 1 aliphatic heterocycles. The van der Waals surface area contributed by atoms with Crippen LogP contribution in [0.4, 0.5) is 4.79 Å². The lowest BCUT2D eigenvalue weighted by molar-refractivity contribution is -0.136. The molecule has 1 saturated heterocycles. The van der Waals surface area contributed by atoms with Crippen molar-refractivity contribution in [2.24, 2.45) is 11.1 Å². The normalized spacial score (nSPS) is 20.9. The minimum Gasteiger partial charge on any atom is -0.450 e. The number of thiocarbonyl (C=S) groups is 1. The van der Waals surface area contributed by atoms with E-state index in [1.54, 1.807) is 16.7 Å². The van der Waals surface area contributed by atoms with Crippen molar-refractivity contribution in [3.05, 3.63) is 0 Å². The van der Waals surface area contributed by atoms with Crippen LogP contribution in [0.15, 0.2) is 0 Å². The summed E-state index contributed by atoms with van der Waals surface area (Å²) in [4.78, 5) is 27.6. The number of nitrogens with two attached hydrogens (primary N) is 1. The maximum absolute atomic E-state index is 12.3. The fourth-order valence-electron chi connectivity index (χ4n) is 2.30. The van der Waals surface area contributed by atoms with Crippen molar-refractivity contribution in [2.45, 2.75) is 19.8 Å². The van der Waals surface area contributed by atoms with E-state index in [0.717, 1.165) is 12.8 Å². The Kier molecular flexibility index (Phi) is 3.93. The second-order valence-electron chi connectivity index (χ2n) is 4.92. The molecule has 0 aromatic rings. The lowest BCUT2D eigenvalue weighted by Crippen LogP contribution is -2.53. The molecule has 2 fully saturated rings. The zero-order valence-corrected chi connectivity index (χ0v) is 11.9. The van der Waals surface area contributed by atoms with Crippen LogP contribution < -0.4 is 5.73 Å². The molecular formula is C12H19N3O3S. The summed E-state index contributed by atoms with van der Waals surface area (Å²) in [5.41, 5.74) is 5.06.